The van der Waals surface area contributed by atoms with E-state index < -0.39 is 7.92 Å². The molecule has 0 heterocycles. The molecule has 2 aromatic rings. The second-order valence-corrected chi connectivity index (χ2v) is 6.62. The van der Waals surface area contributed by atoms with Crippen molar-refractivity contribution in [3.63, 3.8) is 0 Å². The molecule has 1 nitrogen and oxygen atoms in total. The summed E-state index contributed by atoms with van der Waals surface area (Å²) in [5.41, 5.74) is 0.508. The van der Waals surface area contributed by atoms with Crippen molar-refractivity contribution in [3.8, 4) is 0 Å². The number of rotatable bonds is 6. The van der Waals surface area contributed by atoms with E-state index in [-0.39, 0.29) is 0 Å². The van der Waals surface area contributed by atoms with Crippen LogP contribution in [0.25, 0.3) is 0 Å². The summed E-state index contributed by atoms with van der Waals surface area (Å²) >= 11 is 0. The topological polar surface area (TPSA) is 17.1 Å². The molecule has 0 aromatic heterocycles. The Labute approximate surface area is 127 Å². The highest BCUT2D eigenvalue weighted by Gasteiger charge is 2.19. The molecule has 2 aromatic carbocycles. The fourth-order valence-corrected chi connectivity index (χ4v) is 4.47. The molecule has 0 saturated heterocycles. The molecule has 0 atom stereocenters. The minimum Gasteiger partial charge on any atom is -0.298 e. The molecule has 2 rings (SSSR count). The standard InChI is InChI=1S/C19H17OP/c1-3-10-19(16(2)15-20)21(17-11-6-4-7-12-17)18-13-8-5-9-14-18/h3-15H,1-2H2/b19-10+. The molecule has 0 saturated carbocycles. The van der Waals surface area contributed by atoms with Crippen LogP contribution in [0.5, 0.6) is 0 Å². The van der Waals surface area contributed by atoms with E-state index in [1.807, 2.05) is 42.5 Å². The Morgan fingerprint density at radius 2 is 1.38 bits per heavy atom. The molecule has 0 unspecified atom stereocenters. The first kappa shape index (κ1) is 15.2. The van der Waals surface area contributed by atoms with Gasteiger partial charge in [0.2, 0.25) is 0 Å². The smallest absolute Gasteiger partial charge is 0.150 e. The molecular weight excluding hydrogens is 275 g/mol. The number of carbonyl (C=O) groups is 1. The highest BCUT2D eigenvalue weighted by molar-refractivity contribution is 7.77. The Morgan fingerprint density at radius 1 is 0.905 bits per heavy atom. The number of allylic oxidation sites excluding steroid dienone is 4. The highest BCUT2D eigenvalue weighted by Crippen LogP contribution is 2.45. The van der Waals surface area contributed by atoms with E-state index in [1.54, 1.807) is 6.08 Å². The maximum absolute atomic E-state index is 11.2. The van der Waals surface area contributed by atoms with Gasteiger partial charge in [0.25, 0.3) is 0 Å². The monoisotopic (exact) mass is 292 g/mol. The molecule has 104 valence electrons. The van der Waals surface area contributed by atoms with Crippen LogP contribution >= 0.6 is 7.92 Å². The van der Waals surface area contributed by atoms with Crippen molar-refractivity contribution < 1.29 is 4.79 Å². The second-order valence-electron chi connectivity index (χ2n) is 4.44. The number of carbonyl (C=O) groups excluding carboxylic acids is 1. The van der Waals surface area contributed by atoms with E-state index in [0.29, 0.717) is 5.57 Å². The fourth-order valence-electron chi connectivity index (χ4n) is 2.08. The fraction of sp³-hybridized carbons (Fsp3) is 0. The van der Waals surface area contributed by atoms with Crippen molar-refractivity contribution in [1.82, 2.24) is 0 Å². The lowest BCUT2D eigenvalue weighted by molar-refractivity contribution is -0.104. The lowest BCUT2D eigenvalue weighted by Gasteiger charge is -2.21. The van der Waals surface area contributed by atoms with Crippen molar-refractivity contribution >= 4 is 24.8 Å². The molecule has 2 heteroatoms. The van der Waals surface area contributed by atoms with Crippen LogP contribution in [-0.2, 0) is 4.79 Å². The van der Waals surface area contributed by atoms with Gasteiger partial charge in [0, 0.05) is 5.57 Å². The zero-order valence-electron chi connectivity index (χ0n) is 11.8. The van der Waals surface area contributed by atoms with E-state index in [9.17, 15) is 4.79 Å². The van der Waals surface area contributed by atoms with Crippen LogP contribution in [0.2, 0.25) is 0 Å². The van der Waals surface area contributed by atoms with Crippen LogP contribution < -0.4 is 10.6 Å². The van der Waals surface area contributed by atoms with Gasteiger partial charge in [0.05, 0.1) is 0 Å². The molecule has 0 fully saturated rings. The van der Waals surface area contributed by atoms with Crippen molar-refractivity contribution in [3.05, 3.63) is 96.9 Å². The Hall–Kier alpha value is -2.24. The summed E-state index contributed by atoms with van der Waals surface area (Å²) < 4.78 is 0. The molecule has 0 amide bonds. The van der Waals surface area contributed by atoms with E-state index in [2.05, 4.69) is 37.4 Å². The SMILES string of the molecule is C=C/C=C(\C(=C)C=O)P(c1ccccc1)c1ccccc1. The predicted octanol–water partition coefficient (Wildman–Crippen LogP) is 3.94. The van der Waals surface area contributed by atoms with E-state index in [1.165, 1.54) is 10.6 Å². The van der Waals surface area contributed by atoms with Gasteiger partial charge in [-0.3, -0.25) is 4.79 Å². The summed E-state index contributed by atoms with van der Waals surface area (Å²) in [6, 6.07) is 20.4. The Balaban J connectivity index is 2.60. The number of hydrogen-bond donors (Lipinski definition) is 0. The van der Waals surface area contributed by atoms with Crippen molar-refractivity contribution in [2.75, 3.05) is 0 Å². The van der Waals surface area contributed by atoms with E-state index >= 15 is 0 Å². The summed E-state index contributed by atoms with van der Waals surface area (Å²) in [7, 11) is -0.806. The molecule has 0 N–H and O–H groups in total. The van der Waals surface area contributed by atoms with Crippen molar-refractivity contribution in [2.24, 2.45) is 0 Å². The minimum atomic E-state index is -0.806. The van der Waals surface area contributed by atoms with Crippen LogP contribution in [0.3, 0.4) is 0 Å². The Kier molecular flexibility index (Phi) is 5.43. The van der Waals surface area contributed by atoms with Crippen LogP contribution in [0.1, 0.15) is 0 Å². The number of aldehydes is 1. The molecular formula is C19H17OP. The van der Waals surface area contributed by atoms with Crippen LogP contribution in [0.4, 0.5) is 0 Å². The van der Waals surface area contributed by atoms with Crippen LogP contribution in [0.15, 0.2) is 96.9 Å². The van der Waals surface area contributed by atoms with E-state index in [0.717, 1.165) is 11.6 Å². The van der Waals surface area contributed by atoms with Gasteiger partial charge in [-0.1, -0.05) is 86.0 Å². The van der Waals surface area contributed by atoms with Crippen LogP contribution in [-0.4, -0.2) is 6.29 Å². The third-order valence-corrected chi connectivity index (χ3v) is 5.56. The summed E-state index contributed by atoms with van der Waals surface area (Å²) in [5, 5.41) is 3.32. The summed E-state index contributed by atoms with van der Waals surface area (Å²) in [6.07, 6.45) is 4.42. The molecule has 0 radical (unpaired) electrons. The van der Waals surface area contributed by atoms with Gasteiger partial charge < -0.3 is 0 Å². The highest BCUT2D eigenvalue weighted by atomic mass is 31.1. The van der Waals surface area contributed by atoms with E-state index in [4.69, 9.17) is 0 Å². The first-order valence-corrected chi connectivity index (χ1v) is 7.99. The summed E-state index contributed by atoms with van der Waals surface area (Å²) in [6.45, 7) is 7.66. The van der Waals surface area contributed by atoms with Gasteiger partial charge in [-0.05, 0) is 23.8 Å². The minimum absolute atomic E-state index is 0.508. The average Bonchev–Trinajstić information content (AvgIpc) is 2.55. The van der Waals surface area contributed by atoms with Gasteiger partial charge >= 0.3 is 0 Å². The first-order chi connectivity index (χ1) is 10.3. The molecule has 0 aliphatic heterocycles. The largest absolute Gasteiger partial charge is 0.298 e. The quantitative estimate of drug-likeness (QED) is 0.341. The zero-order valence-corrected chi connectivity index (χ0v) is 12.7. The normalized spacial score (nSPS) is 11.2. The Morgan fingerprint density at radius 3 is 1.76 bits per heavy atom. The average molecular weight is 292 g/mol. The number of benzene rings is 2. The first-order valence-electron chi connectivity index (χ1n) is 6.65. The maximum Gasteiger partial charge on any atom is 0.150 e. The van der Waals surface area contributed by atoms with Gasteiger partial charge in [-0.25, -0.2) is 0 Å². The predicted molar refractivity (Wildman–Crippen MR) is 92.6 cm³/mol. The summed E-state index contributed by atoms with van der Waals surface area (Å²) in [4.78, 5) is 11.2. The summed E-state index contributed by atoms with van der Waals surface area (Å²) in [5.74, 6) is 0. The lowest BCUT2D eigenvalue weighted by atomic mass is 10.3. The van der Waals surface area contributed by atoms with Crippen molar-refractivity contribution in [1.29, 1.82) is 0 Å². The van der Waals surface area contributed by atoms with Gasteiger partial charge in [0.15, 0.2) is 0 Å². The molecule has 0 aliphatic rings. The molecule has 21 heavy (non-hydrogen) atoms. The van der Waals surface area contributed by atoms with Crippen molar-refractivity contribution in [2.45, 2.75) is 0 Å². The molecule has 0 spiro atoms. The zero-order chi connectivity index (χ0) is 15.1. The van der Waals surface area contributed by atoms with Gasteiger partial charge in [-0.2, -0.15) is 0 Å². The third kappa shape index (κ3) is 3.65. The molecule has 0 aliphatic carbocycles. The number of hydrogen-bond acceptors (Lipinski definition) is 1. The third-order valence-electron chi connectivity index (χ3n) is 3.02. The Bertz CT molecular complexity index is 617. The van der Waals surface area contributed by atoms with Gasteiger partial charge in [-0.15, -0.1) is 0 Å². The lowest BCUT2D eigenvalue weighted by Crippen LogP contribution is -2.13. The molecule has 0 bridgehead atoms. The van der Waals surface area contributed by atoms with Crippen LogP contribution in [0, 0.1) is 0 Å². The second kappa shape index (κ2) is 7.52. The van der Waals surface area contributed by atoms with Gasteiger partial charge in [0.1, 0.15) is 6.29 Å². The maximum atomic E-state index is 11.2.